The van der Waals surface area contributed by atoms with Gasteiger partial charge in [-0.15, -0.1) is 0 Å². The van der Waals surface area contributed by atoms with Gasteiger partial charge in [-0.25, -0.2) is 0 Å². The van der Waals surface area contributed by atoms with Gasteiger partial charge in [-0.3, -0.25) is 0 Å². The molecule has 0 spiro atoms. The van der Waals surface area contributed by atoms with Crippen LogP contribution in [0.1, 0.15) is 0 Å². The van der Waals surface area contributed by atoms with Gasteiger partial charge in [0.2, 0.25) is 0 Å². The SMILES string of the molecule is [c]1ccc2[c]cc3[c]cccc3c2c1. The normalized spacial score (nSPS) is 10.9. The van der Waals surface area contributed by atoms with Gasteiger partial charge in [0.05, 0.1) is 0 Å². The van der Waals surface area contributed by atoms with Crippen molar-refractivity contribution in [1.82, 2.24) is 0 Å². The maximum atomic E-state index is 3.24. The lowest BCUT2D eigenvalue weighted by atomic mass is 10.0. The van der Waals surface area contributed by atoms with Crippen LogP contribution in [0.25, 0.3) is 21.5 Å². The molecule has 63 valence electrons. The fraction of sp³-hybridized carbons (Fsp3) is 0. The zero-order chi connectivity index (χ0) is 9.38. The molecule has 0 atom stereocenters. The smallest absolute Gasteiger partial charge is 0.00923 e. The molecule has 3 aromatic carbocycles. The highest BCUT2D eigenvalue weighted by Gasteiger charge is 1.98. The average Bonchev–Trinajstić information content (AvgIpc) is 2.29. The maximum absolute atomic E-state index is 3.24. The third-order valence-corrected chi connectivity index (χ3v) is 2.41. The highest BCUT2D eigenvalue weighted by Crippen LogP contribution is 2.23. The van der Waals surface area contributed by atoms with E-state index in [1.165, 1.54) is 10.8 Å². The van der Waals surface area contributed by atoms with Crippen LogP contribution in [0.3, 0.4) is 0 Å². The third-order valence-electron chi connectivity index (χ3n) is 2.41. The van der Waals surface area contributed by atoms with Crippen LogP contribution in [0, 0.1) is 18.2 Å². The van der Waals surface area contributed by atoms with Crippen LogP contribution < -0.4 is 0 Å². The first kappa shape index (κ1) is 7.57. The van der Waals surface area contributed by atoms with Crippen molar-refractivity contribution < 1.29 is 0 Å². The van der Waals surface area contributed by atoms with Crippen LogP contribution >= 0.6 is 0 Å². The van der Waals surface area contributed by atoms with Gasteiger partial charge in [0.1, 0.15) is 0 Å². The van der Waals surface area contributed by atoms with Gasteiger partial charge < -0.3 is 0 Å². The molecule has 0 bridgehead atoms. The van der Waals surface area contributed by atoms with Crippen LogP contribution in [0.4, 0.5) is 0 Å². The molecule has 0 saturated carbocycles. The van der Waals surface area contributed by atoms with Gasteiger partial charge >= 0.3 is 0 Å². The lowest BCUT2D eigenvalue weighted by Crippen LogP contribution is -1.76. The number of rotatable bonds is 0. The molecule has 0 N–H and O–H groups in total. The summed E-state index contributed by atoms with van der Waals surface area (Å²) in [5.41, 5.74) is 0. The Hall–Kier alpha value is -1.82. The van der Waals surface area contributed by atoms with Crippen molar-refractivity contribution in [3.8, 4) is 0 Å². The second kappa shape index (κ2) is 2.85. The first-order chi connectivity index (χ1) is 6.95. The Morgan fingerprint density at radius 2 is 1.79 bits per heavy atom. The molecule has 0 nitrogen and oxygen atoms in total. The van der Waals surface area contributed by atoms with Crippen LogP contribution in [0.15, 0.2) is 42.5 Å². The Morgan fingerprint density at radius 3 is 2.79 bits per heavy atom. The standard InChI is InChI=1S/C14H7/c1-3-7-13-11(5-1)9-10-12-6-2-4-8-14(12)13/h1-3,6-9H. The summed E-state index contributed by atoms with van der Waals surface area (Å²) in [6.07, 6.45) is 0. The first-order valence-corrected chi connectivity index (χ1v) is 4.56. The molecule has 14 heavy (non-hydrogen) atoms. The van der Waals surface area contributed by atoms with Gasteiger partial charge in [0, 0.05) is 0 Å². The summed E-state index contributed by atoms with van der Waals surface area (Å²) < 4.78 is 0. The van der Waals surface area contributed by atoms with Crippen molar-refractivity contribution >= 4 is 21.5 Å². The van der Waals surface area contributed by atoms with E-state index in [2.05, 4.69) is 24.3 Å². The monoisotopic (exact) mass is 175 g/mol. The van der Waals surface area contributed by atoms with E-state index < -0.39 is 0 Å². The predicted molar refractivity (Wildman–Crippen MR) is 58.0 cm³/mol. The summed E-state index contributed by atoms with van der Waals surface area (Å²) >= 11 is 0. The molecule has 0 aliphatic rings. The molecule has 0 heteroatoms. The maximum Gasteiger partial charge on any atom is -0.00923 e. The second-order valence-corrected chi connectivity index (χ2v) is 3.26. The Morgan fingerprint density at radius 1 is 0.786 bits per heavy atom. The van der Waals surface area contributed by atoms with E-state index in [0.29, 0.717) is 0 Å². The minimum Gasteiger partial charge on any atom is -0.0610 e. The van der Waals surface area contributed by atoms with Crippen LogP contribution in [0.2, 0.25) is 0 Å². The highest BCUT2D eigenvalue weighted by atomic mass is 14.0. The van der Waals surface area contributed by atoms with Crippen molar-refractivity contribution in [3.05, 3.63) is 60.7 Å². The van der Waals surface area contributed by atoms with Crippen LogP contribution in [-0.4, -0.2) is 0 Å². The van der Waals surface area contributed by atoms with E-state index in [9.17, 15) is 0 Å². The van der Waals surface area contributed by atoms with Gasteiger partial charge in [-0.05, 0) is 51.9 Å². The van der Waals surface area contributed by atoms with E-state index in [1.54, 1.807) is 0 Å². The van der Waals surface area contributed by atoms with Crippen molar-refractivity contribution in [1.29, 1.82) is 0 Å². The van der Waals surface area contributed by atoms with E-state index in [0.717, 1.165) is 10.8 Å². The molecule has 0 heterocycles. The number of benzene rings is 3. The summed E-state index contributed by atoms with van der Waals surface area (Å²) in [6.45, 7) is 0. The van der Waals surface area contributed by atoms with Crippen molar-refractivity contribution in [2.45, 2.75) is 0 Å². The zero-order valence-electron chi connectivity index (χ0n) is 7.54. The second-order valence-electron chi connectivity index (χ2n) is 3.26. The molecule has 3 rings (SSSR count). The Labute approximate surface area is 82.8 Å². The number of fused-ring (bicyclic) bond motifs is 3. The average molecular weight is 175 g/mol. The molecule has 0 fully saturated rings. The van der Waals surface area contributed by atoms with E-state index in [4.69, 9.17) is 0 Å². The number of hydrogen-bond donors (Lipinski definition) is 0. The molecule has 3 radical (unpaired) electrons. The quantitative estimate of drug-likeness (QED) is 0.459. The number of hydrogen-bond acceptors (Lipinski definition) is 0. The van der Waals surface area contributed by atoms with E-state index >= 15 is 0 Å². The zero-order valence-corrected chi connectivity index (χ0v) is 7.54. The van der Waals surface area contributed by atoms with E-state index in [-0.39, 0.29) is 0 Å². The van der Waals surface area contributed by atoms with Crippen molar-refractivity contribution in [3.63, 3.8) is 0 Å². The summed E-state index contributed by atoms with van der Waals surface area (Å²) in [7, 11) is 0. The topological polar surface area (TPSA) is 0 Å². The minimum absolute atomic E-state index is 1.11. The van der Waals surface area contributed by atoms with Gasteiger partial charge in [0.25, 0.3) is 0 Å². The van der Waals surface area contributed by atoms with Crippen molar-refractivity contribution in [2.75, 3.05) is 0 Å². The molecule has 0 aliphatic heterocycles. The largest absolute Gasteiger partial charge is 0.0610 e. The first-order valence-electron chi connectivity index (χ1n) is 4.56. The van der Waals surface area contributed by atoms with Crippen molar-refractivity contribution in [2.24, 2.45) is 0 Å². The Bertz CT molecular complexity index is 539. The highest BCUT2D eigenvalue weighted by molar-refractivity contribution is 6.06. The van der Waals surface area contributed by atoms with Gasteiger partial charge in [-0.1, -0.05) is 30.3 Å². The molecule has 0 saturated heterocycles. The van der Waals surface area contributed by atoms with E-state index in [1.807, 2.05) is 36.4 Å². The predicted octanol–water partition coefficient (Wildman–Crippen LogP) is 3.39. The molecular formula is C14H7. The summed E-state index contributed by atoms with van der Waals surface area (Å²) in [4.78, 5) is 0. The van der Waals surface area contributed by atoms with Gasteiger partial charge in [0.15, 0.2) is 0 Å². The van der Waals surface area contributed by atoms with Crippen LogP contribution in [-0.2, 0) is 0 Å². The van der Waals surface area contributed by atoms with Gasteiger partial charge in [-0.2, -0.15) is 0 Å². The summed E-state index contributed by atoms with van der Waals surface area (Å²) in [5.74, 6) is 0. The lowest BCUT2D eigenvalue weighted by molar-refractivity contribution is 1.74. The Kier molecular flexibility index (Phi) is 1.54. The fourth-order valence-electron chi connectivity index (χ4n) is 1.73. The molecular weight excluding hydrogens is 168 g/mol. The molecule has 0 aliphatic carbocycles. The summed E-state index contributed by atoms with van der Waals surface area (Å²) in [5, 5.41) is 4.66. The van der Waals surface area contributed by atoms with Crippen LogP contribution in [0.5, 0.6) is 0 Å². The Balaban J connectivity index is 2.61. The fourth-order valence-corrected chi connectivity index (χ4v) is 1.73. The molecule has 0 unspecified atom stereocenters. The lowest BCUT2D eigenvalue weighted by Gasteiger charge is -2.01. The molecule has 3 aromatic rings. The third kappa shape index (κ3) is 1.01. The molecule has 0 aromatic heterocycles. The molecule has 0 amide bonds. The summed E-state index contributed by atoms with van der Waals surface area (Å²) in [6, 6.07) is 23.5. The minimum atomic E-state index is 1.11.